The van der Waals surface area contributed by atoms with Crippen molar-refractivity contribution in [2.75, 3.05) is 6.54 Å². The van der Waals surface area contributed by atoms with Gasteiger partial charge in [0.1, 0.15) is 0 Å². The molecule has 0 bridgehead atoms. The maximum absolute atomic E-state index is 11.2. The quantitative estimate of drug-likeness (QED) is 0.338. The van der Waals surface area contributed by atoms with Gasteiger partial charge in [-0.3, -0.25) is 9.59 Å². The lowest BCUT2D eigenvalue weighted by Crippen LogP contribution is -2.22. The van der Waals surface area contributed by atoms with E-state index in [9.17, 15) is 14.4 Å². The summed E-state index contributed by atoms with van der Waals surface area (Å²) in [5.41, 5.74) is 0. The van der Waals surface area contributed by atoms with Gasteiger partial charge in [-0.2, -0.15) is 0 Å². The average Bonchev–Trinajstić information content (AvgIpc) is 2.45. The Balaban J connectivity index is 3.22. The highest BCUT2D eigenvalue weighted by atomic mass is 16.4. The van der Waals surface area contributed by atoms with Crippen LogP contribution in [0.3, 0.4) is 0 Å². The third kappa shape index (κ3) is 16.2. The monoisotopic (exact) mass is 313 g/mol. The van der Waals surface area contributed by atoms with Crippen LogP contribution < -0.4 is 5.32 Å². The van der Waals surface area contributed by atoms with Crippen molar-refractivity contribution in [3.63, 3.8) is 0 Å². The summed E-state index contributed by atoms with van der Waals surface area (Å²) in [4.78, 5) is 31.7. The van der Waals surface area contributed by atoms with Gasteiger partial charge in [-0.25, -0.2) is 4.79 Å². The normalized spacial score (nSPS) is 10.7. The fourth-order valence-electron chi connectivity index (χ4n) is 2.06. The number of hydrogen-bond acceptors (Lipinski definition) is 3. The number of amides is 1. The van der Waals surface area contributed by atoms with Crippen molar-refractivity contribution < 1.29 is 24.6 Å². The molecule has 0 rings (SSSR count). The van der Waals surface area contributed by atoms with Gasteiger partial charge in [0.25, 0.3) is 0 Å². The molecular weight excluding hydrogens is 286 g/mol. The lowest BCUT2D eigenvalue weighted by atomic mass is 10.1. The second-order valence-corrected chi connectivity index (χ2v) is 5.29. The molecule has 126 valence electrons. The zero-order valence-electron chi connectivity index (χ0n) is 13.1. The van der Waals surface area contributed by atoms with E-state index in [1.807, 2.05) is 0 Å². The molecule has 0 aromatic rings. The molecule has 0 aliphatic rings. The molecule has 0 unspecified atom stereocenters. The molecule has 22 heavy (non-hydrogen) atoms. The van der Waals surface area contributed by atoms with E-state index in [-0.39, 0.29) is 12.3 Å². The second-order valence-electron chi connectivity index (χ2n) is 5.29. The van der Waals surface area contributed by atoms with Crippen LogP contribution in [-0.2, 0) is 14.4 Å². The molecule has 6 nitrogen and oxygen atoms in total. The SMILES string of the molecule is O=C(O)/C=C\C(=O)NCCCCCCCCCCCC(=O)O. The molecule has 6 heteroatoms. The average molecular weight is 313 g/mol. The van der Waals surface area contributed by atoms with Gasteiger partial charge in [0, 0.05) is 25.1 Å². The molecule has 0 spiro atoms. The van der Waals surface area contributed by atoms with Crippen LogP contribution in [0, 0.1) is 0 Å². The van der Waals surface area contributed by atoms with Gasteiger partial charge in [-0.15, -0.1) is 0 Å². The summed E-state index contributed by atoms with van der Waals surface area (Å²) in [6.45, 7) is 0.567. The number of unbranched alkanes of at least 4 members (excludes halogenated alkanes) is 8. The largest absolute Gasteiger partial charge is 0.481 e. The molecule has 0 aromatic carbocycles. The molecule has 0 heterocycles. The first-order valence-corrected chi connectivity index (χ1v) is 7.93. The molecule has 0 aliphatic heterocycles. The van der Waals surface area contributed by atoms with Crippen LogP contribution in [-0.4, -0.2) is 34.6 Å². The predicted octanol–water partition coefficient (Wildman–Crippen LogP) is 2.73. The van der Waals surface area contributed by atoms with Crippen molar-refractivity contribution in [1.82, 2.24) is 5.32 Å². The van der Waals surface area contributed by atoms with Crippen LogP contribution in [0.1, 0.15) is 64.2 Å². The zero-order valence-corrected chi connectivity index (χ0v) is 13.1. The van der Waals surface area contributed by atoms with Crippen LogP contribution in [0.2, 0.25) is 0 Å². The highest BCUT2D eigenvalue weighted by molar-refractivity contribution is 5.93. The van der Waals surface area contributed by atoms with Crippen molar-refractivity contribution in [1.29, 1.82) is 0 Å². The molecule has 0 atom stereocenters. The number of hydrogen-bond donors (Lipinski definition) is 3. The van der Waals surface area contributed by atoms with E-state index < -0.39 is 11.9 Å². The minimum absolute atomic E-state index is 0.271. The number of nitrogens with one attached hydrogen (secondary N) is 1. The Morgan fingerprint density at radius 1 is 0.727 bits per heavy atom. The third-order valence-electron chi connectivity index (χ3n) is 3.24. The van der Waals surface area contributed by atoms with E-state index in [2.05, 4.69) is 5.32 Å². The highest BCUT2D eigenvalue weighted by Crippen LogP contribution is 2.10. The van der Waals surface area contributed by atoms with Crippen molar-refractivity contribution in [2.45, 2.75) is 64.2 Å². The number of aliphatic carboxylic acids is 2. The third-order valence-corrected chi connectivity index (χ3v) is 3.24. The van der Waals surface area contributed by atoms with Gasteiger partial charge in [0.15, 0.2) is 0 Å². The molecule has 0 aliphatic carbocycles. The minimum atomic E-state index is -1.13. The summed E-state index contributed by atoms with van der Waals surface area (Å²) in [6, 6.07) is 0. The minimum Gasteiger partial charge on any atom is -0.481 e. The van der Waals surface area contributed by atoms with Gasteiger partial charge in [0.05, 0.1) is 0 Å². The van der Waals surface area contributed by atoms with E-state index in [0.717, 1.165) is 63.5 Å². The summed E-state index contributed by atoms with van der Waals surface area (Å²) in [5, 5.41) is 19.5. The number of carbonyl (C=O) groups excluding carboxylic acids is 1. The first-order chi connectivity index (χ1) is 10.5. The number of carboxylic acids is 2. The predicted molar refractivity (Wildman–Crippen MR) is 83.6 cm³/mol. The van der Waals surface area contributed by atoms with Crippen molar-refractivity contribution in [3.05, 3.63) is 12.2 Å². The summed E-state index contributed by atoms with van der Waals surface area (Å²) in [5.74, 6) is -2.22. The van der Waals surface area contributed by atoms with E-state index in [0.29, 0.717) is 6.54 Å². The summed E-state index contributed by atoms with van der Waals surface area (Å²) < 4.78 is 0. The first kappa shape index (κ1) is 20.1. The maximum Gasteiger partial charge on any atom is 0.328 e. The second kappa shape index (κ2) is 14.1. The summed E-state index contributed by atoms with van der Waals surface area (Å²) in [6.07, 6.45) is 11.5. The summed E-state index contributed by atoms with van der Waals surface area (Å²) in [7, 11) is 0. The van der Waals surface area contributed by atoms with Crippen LogP contribution in [0.5, 0.6) is 0 Å². The van der Waals surface area contributed by atoms with E-state index in [1.54, 1.807) is 0 Å². The van der Waals surface area contributed by atoms with Gasteiger partial charge in [0.2, 0.25) is 5.91 Å². The lowest BCUT2D eigenvalue weighted by molar-refractivity contribution is -0.137. The maximum atomic E-state index is 11.2. The molecular formula is C16H27NO5. The van der Waals surface area contributed by atoms with Gasteiger partial charge >= 0.3 is 11.9 Å². The number of carbonyl (C=O) groups is 3. The van der Waals surface area contributed by atoms with Gasteiger partial charge < -0.3 is 15.5 Å². The Hall–Kier alpha value is -1.85. The Morgan fingerprint density at radius 3 is 1.73 bits per heavy atom. The summed E-state index contributed by atoms with van der Waals surface area (Å²) >= 11 is 0. The topological polar surface area (TPSA) is 104 Å². The van der Waals surface area contributed by atoms with Crippen LogP contribution >= 0.6 is 0 Å². The van der Waals surface area contributed by atoms with Crippen LogP contribution in [0.4, 0.5) is 0 Å². The van der Waals surface area contributed by atoms with E-state index in [1.165, 1.54) is 6.42 Å². The zero-order chi connectivity index (χ0) is 16.6. The first-order valence-electron chi connectivity index (χ1n) is 7.93. The van der Waals surface area contributed by atoms with Crippen LogP contribution in [0.15, 0.2) is 12.2 Å². The lowest BCUT2D eigenvalue weighted by Gasteiger charge is -2.03. The van der Waals surface area contributed by atoms with E-state index in [4.69, 9.17) is 10.2 Å². The number of rotatable bonds is 14. The molecule has 0 saturated carbocycles. The van der Waals surface area contributed by atoms with Gasteiger partial charge in [-0.1, -0.05) is 44.9 Å². The Morgan fingerprint density at radius 2 is 1.23 bits per heavy atom. The fourth-order valence-corrected chi connectivity index (χ4v) is 2.06. The molecule has 3 N–H and O–H groups in total. The Kier molecular flexibility index (Phi) is 12.9. The van der Waals surface area contributed by atoms with E-state index >= 15 is 0 Å². The molecule has 0 fully saturated rings. The van der Waals surface area contributed by atoms with Crippen molar-refractivity contribution in [3.8, 4) is 0 Å². The molecule has 1 amide bonds. The molecule has 0 radical (unpaired) electrons. The van der Waals surface area contributed by atoms with Crippen LogP contribution in [0.25, 0.3) is 0 Å². The standard InChI is InChI=1S/C16H27NO5/c18-14(11-12-16(21)22)17-13-9-7-5-3-1-2-4-6-8-10-15(19)20/h11-12H,1-10,13H2,(H,17,18)(H,19,20)(H,21,22)/b12-11-. The number of carboxylic acid groups (broad SMARTS) is 2. The fraction of sp³-hybridized carbons (Fsp3) is 0.688. The van der Waals surface area contributed by atoms with Gasteiger partial charge in [-0.05, 0) is 12.8 Å². The highest BCUT2D eigenvalue weighted by Gasteiger charge is 1.98. The Labute approximate surface area is 131 Å². The Bertz CT molecular complexity index is 366. The van der Waals surface area contributed by atoms with Crippen molar-refractivity contribution in [2.24, 2.45) is 0 Å². The molecule has 0 saturated heterocycles. The smallest absolute Gasteiger partial charge is 0.328 e. The van der Waals surface area contributed by atoms with Crippen molar-refractivity contribution >= 4 is 17.8 Å². The molecule has 0 aromatic heterocycles.